The van der Waals surface area contributed by atoms with E-state index in [0.29, 0.717) is 6.04 Å². The third-order valence-electron chi connectivity index (χ3n) is 4.18. The fourth-order valence-corrected chi connectivity index (χ4v) is 2.86. The van der Waals surface area contributed by atoms with E-state index in [9.17, 15) is 0 Å². The van der Waals surface area contributed by atoms with Gasteiger partial charge in [-0.1, -0.05) is 30.3 Å². The number of nitrogens with one attached hydrogen (secondary N) is 1. The minimum Gasteiger partial charge on any atom is -0.316 e. The number of hydrogen-bond acceptors (Lipinski definition) is 2. The SMILES string of the molecule is CC(C)N(CCC1CCCNC1)Cc1ccccc1. The highest BCUT2D eigenvalue weighted by Gasteiger charge is 2.16. The summed E-state index contributed by atoms with van der Waals surface area (Å²) in [4.78, 5) is 2.60. The number of rotatable bonds is 6. The van der Waals surface area contributed by atoms with Gasteiger partial charge in [0.25, 0.3) is 0 Å². The average Bonchev–Trinajstić information content (AvgIpc) is 2.45. The van der Waals surface area contributed by atoms with E-state index in [0.717, 1.165) is 12.5 Å². The number of piperidine rings is 1. The van der Waals surface area contributed by atoms with E-state index in [-0.39, 0.29) is 0 Å². The van der Waals surface area contributed by atoms with Gasteiger partial charge in [0.15, 0.2) is 0 Å². The normalized spacial score (nSPS) is 20.1. The fourth-order valence-electron chi connectivity index (χ4n) is 2.86. The Morgan fingerprint density at radius 1 is 1.26 bits per heavy atom. The van der Waals surface area contributed by atoms with Crippen LogP contribution in [0, 0.1) is 5.92 Å². The summed E-state index contributed by atoms with van der Waals surface area (Å²) < 4.78 is 0. The van der Waals surface area contributed by atoms with Crippen molar-refractivity contribution in [1.29, 1.82) is 0 Å². The smallest absolute Gasteiger partial charge is 0.0236 e. The molecule has 1 fully saturated rings. The molecule has 106 valence electrons. The summed E-state index contributed by atoms with van der Waals surface area (Å²) in [6, 6.07) is 11.5. The van der Waals surface area contributed by atoms with Crippen molar-refractivity contribution in [3.05, 3.63) is 35.9 Å². The van der Waals surface area contributed by atoms with Crippen LogP contribution in [0.3, 0.4) is 0 Å². The van der Waals surface area contributed by atoms with Crippen LogP contribution in [0.4, 0.5) is 0 Å². The Hall–Kier alpha value is -0.860. The van der Waals surface area contributed by atoms with Gasteiger partial charge in [0.05, 0.1) is 0 Å². The number of benzene rings is 1. The van der Waals surface area contributed by atoms with Crippen molar-refractivity contribution in [2.24, 2.45) is 5.92 Å². The predicted molar refractivity (Wildman–Crippen MR) is 82.2 cm³/mol. The molecule has 1 aliphatic heterocycles. The van der Waals surface area contributed by atoms with E-state index in [2.05, 4.69) is 54.4 Å². The van der Waals surface area contributed by atoms with Crippen LogP contribution in [0.2, 0.25) is 0 Å². The third kappa shape index (κ3) is 4.96. The predicted octanol–water partition coefficient (Wildman–Crippen LogP) is 3.29. The summed E-state index contributed by atoms with van der Waals surface area (Å²) in [6.45, 7) is 9.35. The van der Waals surface area contributed by atoms with Crippen LogP contribution in [0.15, 0.2) is 30.3 Å². The lowest BCUT2D eigenvalue weighted by atomic mass is 9.96. The minimum absolute atomic E-state index is 0.622. The van der Waals surface area contributed by atoms with Gasteiger partial charge in [-0.15, -0.1) is 0 Å². The van der Waals surface area contributed by atoms with Crippen LogP contribution >= 0.6 is 0 Å². The molecule has 1 atom stereocenters. The molecule has 1 unspecified atom stereocenters. The Bertz CT molecular complexity index is 342. The number of hydrogen-bond donors (Lipinski definition) is 1. The lowest BCUT2D eigenvalue weighted by molar-refractivity contribution is 0.189. The van der Waals surface area contributed by atoms with E-state index in [1.807, 2.05) is 0 Å². The fraction of sp³-hybridized carbons (Fsp3) is 0.647. The Morgan fingerprint density at radius 3 is 2.68 bits per heavy atom. The second kappa shape index (κ2) is 7.66. The molecule has 0 radical (unpaired) electrons. The molecule has 0 bridgehead atoms. The maximum absolute atomic E-state index is 3.52. The highest BCUT2D eigenvalue weighted by atomic mass is 15.1. The van der Waals surface area contributed by atoms with Gasteiger partial charge in [-0.2, -0.15) is 0 Å². The second-order valence-corrected chi connectivity index (χ2v) is 6.05. The second-order valence-electron chi connectivity index (χ2n) is 6.05. The zero-order valence-corrected chi connectivity index (χ0v) is 12.4. The maximum atomic E-state index is 3.52. The van der Waals surface area contributed by atoms with Crippen molar-refractivity contribution >= 4 is 0 Å². The molecule has 1 heterocycles. The molecular formula is C17H28N2. The van der Waals surface area contributed by atoms with Crippen LogP contribution in [-0.4, -0.2) is 30.6 Å². The Morgan fingerprint density at radius 2 is 2.05 bits per heavy atom. The van der Waals surface area contributed by atoms with Crippen LogP contribution in [-0.2, 0) is 6.54 Å². The third-order valence-corrected chi connectivity index (χ3v) is 4.18. The standard InChI is InChI=1S/C17H28N2/c1-15(2)19(14-17-7-4-3-5-8-17)12-10-16-9-6-11-18-13-16/h3-5,7-8,15-16,18H,6,9-14H2,1-2H3. The Labute approximate surface area is 118 Å². The molecule has 0 aliphatic carbocycles. The summed E-state index contributed by atoms with van der Waals surface area (Å²) in [5.74, 6) is 0.880. The van der Waals surface area contributed by atoms with Gasteiger partial charge in [0.1, 0.15) is 0 Å². The van der Waals surface area contributed by atoms with Gasteiger partial charge in [0.2, 0.25) is 0 Å². The molecule has 1 N–H and O–H groups in total. The molecule has 1 saturated heterocycles. The molecule has 2 heteroatoms. The summed E-state index contributed by atoms with van der Waals surface area (Å²) in [6.07, 6.45) is 4.09. The molecule has 0 spiro atoms. The summed E-state index contributed by atoms with van der Waals surface area (Å²) in [7, 11) is 0. The van der Waals surface area contributed by atoms with Gasteiger partial charge < -0.3 is 5.32 Å². The first-order chi connectivity index (χ1) is 9.25. The molecule has 19 heavy (non-hydrogen) atoms. The Kier molecular flexibility index (Phi) is 5.87. The quantitative estimate of drug-likeness (QED) is 0.844. The molecule has 1 aliphatic rings. The van der Waals surface area contributed by atoms with E-state index in [1.165, 1.54) is 44.5 Å². The minimum atomic E-state index is 0.622. The molecule has 1 aromatic rings. The van der Waals surface area contributed by atoms with Crippen molar-refractivity contribution in [1.82, 2.24) is 10.2 Å². The van der Waals surface area contributed by atoms with E-state index in [1.54, 1.807) is 0 Å². The lowest BCUT2D eigenvalue weighted by Gasteiger charge is -2.30. The zero-order chi connectivity index (χ0) is 13.5. The van der Waals surface area contributed by atoms with Crippen molar-refractivity contribution < 1.29 is 0 Å². The van der Waals surface area contributed by atoms with Gasteiger partial charge in [0, 0.05) is 12.6 Å². The highest BCUT2D eigenvalue weighted by molar-refractivity contribution is 5.14. The van der Waals surface area contributed by atoms with Gasteiger partial charge in [-0.3, -0.25) is 4.90 Å². The van der Waals surface area contributed by atoms with Crippen LogP contribution in [0.5, 0.6) is 0 Å². The summed E-state index contributed by atoms with van der Waals surface area (Å²) in [5, 5.41) is 3.52. The van der Waals surface area contributed by atoms with Crippen LogP contribution < -0.4 is 5.32 Å². The first-order valence-corrected chi connectivity index (χ1v) is 7.74. The summed E-state index contributed by atoms with van der Waals surface area (Å²) in [5.41, 5.74) is 1.43. The highest BCUT2D eigenvalue weighted by Crippen LogP contribution is 2.16. The van der Waals surface area contributed by atoms with E-state index >= 15 is 0 Å². The first-order valence-electron chi connectivity index (χ1n) is 7.74. The van der Waals surface area contributed by atoms with E-state index in [4.69, 9.17) is 0 Å². The largest absolute Gasteiger partial charge is 0.316 e. The summed E-state index contributed by atoms with van der Waals surface area (Å²) >= 11 is 0. The van der Waals surface area contributed by atoms with Gasteiger partial charge in [-0.05, 0) is 64.2 Å². The molecular weight excluding hydrogens is 232 g/mol. The first kappa shape index (κ1) is 14.5. The van der Waals surface area contributed by atoms with E-state index < -0.39 is 0 Å². The van der Waals surface area contributed by atoms with Crippen molar-refractivity contribution in [3.63, 3.8) is 0 Å². The molecule has 0 amide bonds. The Balaban J connectivity index is 1.82. The number of nitrogens with zero attached hydrogens (tertiary/aromatic N) is 1. The van der Waals surface area contributed by atoms with Crippen molar-refractivity contribution in [2.75, 3.05) is 19.6 Å². The molecule has 2 rings (SSSR count). The average molecular weight is 260 g/mol. The van der Waals surface area contributed by atoms with Crippen LogP contribution in [0.25, 0.3) is 0 Å². The van der Waals surface area contributed by atoms with Gasteiger partial charge in [-0.25, -0.2) is 0 Å². The monoisotopic (exact) mass is 260 g/mol. The topological polar surface area (TPSA) is 15.3 Å². The molecule has 0 saturated carbocycles. The molecule has 2 nitrogen and oxygen atoms in total. The van der Waals surface area contributed by atoms with Crippen LogP contribution in [0.1, 0.15) is 38.7 Å². The zero-order valence-electron chi connectivity index (χ0n) is 12.4. The lowest BCUT2D eigenvalue weighted by Crippen LogP contribution is -2.35. The molecule has 0 aromatic heterocycles. The van der Waals surface area contributed by atoms with Crippen molar-refractivity contribution in [3.8, 4) is 0 Å². The maximum Gasteiger partial charge on any atom is 0.0236 e. The molecule has 1 aromatic carbocycles. The van der Waals surface area contributed by atoms with Gasteiger partial charge >= 0.3 is 0 Å². The van der Waals surface area contributed by atoms with Crippen molar-refractivity contribution in [2.45, 2.75) is 45.7 Å².